The molecule has 9 heteroatoms. The third-order valence-corrected chi connectivity index (χ3v) is 3.41. The van der Waals surface area contributed by atoms with Crippen molar-refractivity contribution in [3.05, 3.63) is 53.9 Å². The molecule has 0 aliphatic heterocycles. The van der Waals surface area contributed by atoms with Crippen molar-refractivity contribution >= 4 is 22.9 Å². The Morgan fingerprint density at radius 2 is 1.92 bits per heavy atom. The van der Waals surface area contributed by atoms with Crippen LogP contribution in [0.25, 0.3) is 11.1 Å². The minimum absolute atomic E-state index is 0.0557. The number of carbonyl (C=O) groups is 1. The highest BCUT2D eigenvalue weighted by atomic mass is 19.4. The summed E-state index contributed by atoms with van der Waals surface area (Å²) in [7, 11) is 1.25. The minimum atomic E-state index is -4.44. The molecule has 1 aromatic heterocycles. The van der Waals surface area contributed by atoms with Gasteiger partial charge in [0.25, 0.3) is 0 Å². The first-order chi connectivity index (χ1) is 12.3. The van der Waals surface area contributed by atoms with E-state index in [9.17, 15) is 18.0 Å². The maximum Gasteiger partial charge on any atom is 0.416 e. The molecule has 0 saturated carbocycles. The van der Waals surface area contributed by atoms with Crippen molar-refractivity contribution in [2.24, 2.45) is 0 Å². The standard InChI is InChI=1S/C17H13F3N2O4/c1-24-16(23)21-11-3-5-12(6-4-11)25-9-15-22-13-8-10(17(18,19)20)2-7-14(13)26-15/h2-8H,9H2,1H3,(H,21,23). The molecule has 3 aromatic rings. The van der Waals surface area contributed by atoms with Gasteiger partial charge < -0.3 is 13.9 Å². The topological polar surface area (TPSA) is 73.6 Å². The summed E-state index contributed by atoms with van der Waals surface area (Å²) in [4.78, 5) is 15.1. The highest BCUT2D eigenvalue weighted by Crippen LogP contribution is 2.31. The number of benzene rings is 2. The van der Waals surface area contributed by atoms with Gasteiger partial charge in [-0.2, -0.15) is 13.2 Å². The number of aromatic nitrogens is 1. The number of carbonyl (C=O) groups excluding carboxylic acids is 1. The maximum absolute atomic E-state index is 12.7. The third kappa shape index (κ3) is 4.05. The van der Waals surface area contributed by atoms with Crippen molar-refractivity contribution in [2.75, 3.05) is 12.4 Å². The molecule has 0 saturated heterocycles. The molecule has 0 aliphatic rings. The average Bonchev–Trinajstić information content (AvgIpc) is 3.02. The second-order valence-electron chi connectivity index (χ2n) is 5.22. The van der Waals surface area contributed by atoms with Crippen LogP contribution >= 0.6 is 0 Å². The molecule has 3 rings (SSSR count). The van der Waals surface area contributed by atoms with Gasteiger partial charge in [-0.1, -0.05) is 0 Å². The third-order valence-electron chi connectivity index (χ3n) is 3.41. The molecule has 0 spiro atoms. The number of hydrogen-bond acceptors (Lipinski definition) is 5. The van der Waals surface area contributed by atoms with Crippen molar-refractivity contribution in [2.45, 2.75) is 12.8 Å². The van der Waals surface area contributed by atoms with E-state index < -0.39 is 17.8 Å². The van der Waals surface area contributed by atoms with Gasteiger partial charge in [-0.15, -0.1) is 0 Å². The number of alkyl halides is 3. The van der Waals surface area contributed by atoms with Crippen LogP contribution in [-0.2, 0) is 17.5 Å². The summed E-state index contributed by atoms with van der Waals surface area (Å²) in [5.74, 6) is 0.620. The number of anilines is 1. The Bertz CT molecular complexity index is 920. The number of rotatable bonds is 4. The molecule has 6 nitrogen and oxygen atoms in total. The lowest BCUT2D eigenvalue weighted by Gasteiger charge is -2.06. The fraction of sp³-hybridized carbons (Fsp3) is 0.176. The predicted molar refractivity (Wildman–Crippen MR) is 85.8 cm³/mol. The molecular weight excluding hydrogens is 353 g/mol. The normalized spacial score (nSPS) is 11.4. The molecule has 0 atom stereocenters. The predicted octanol–water partition coefficient (Wildman–Crippen LogP) is 4.60. The Hall–Kier alpha value is -3.23. The molecule has 136 valence electrons. The molecule has 26 heavy (non-hydrogen) atoms. The van der Waals surface area contributed by atoms with Crippen molar-refractivity contribution in [3.63, 3.8) is 0 Å². The van der Waals surface area contributed by atoms with Crippen molar-refractivity contribution in [1.82, 2.24) is 4.98 Å². The van der Waals surface area contributed by atoms with Crippen LogP contribution < -0.4 is 10.1 Å². The molecule has 0 unspecified atom stereocenters. The van der Waals surface area contributed by atoms with E-state index in [0.29, 0.717) is 11.4 Å². The molecule has 1 amide bonds. The van der Waals surface area contributed by atoms with Gasteiger partial charge >= 0.3 is 12.3 Å². The Labute approximate surface area is 145 Å². The molecule has 0 fully saturated rings. The van der Waals surface area contributed by atoms with E-state index in [1.807, 2.05) is 0 Å². The first-order valence-corrected chi connectivity index (χ1v) is 7.39. The summed E-state index contributed by atoms with van der Waals surface area (Å²) < 4.78 is 53.5. The van der Waals surface area contributed by atoms with Crippen LogP contribution in [0.15, 0.2) is 46.9 Å². The molecule has 1 N–H and O–H groups in total. The molecular formula is C17H13F3N2O4. The maximum atomic E-state index is 12.7. The summed E-state index contributed by atoms with van der Waals surface area (Å²) in [6.45, 7) is -0.0557. The second-order valence-corrected chi connectivity index (χ2v) is 5.22. The van der Waals surface area contributed by atoms with Crippen molar-refractivity contribution in [1.29, 1.82) is 0 Å². The van der Waals surface area contributed by atoms with E-state index in [1.54, 1.807) is 24.3 Å². The highest BCUT2D eigenvalue weighted by Gasteiger charge is 2.31. The average molecular weight is 366 g/mol. The van der Waals surface area contributed by atoms with E-state index in [0.717, 1.165) is 12.1 Å². The SMILES string of the molecule is COC(=O)Nc1ccc(OCc2nc3cc(C(F)(F)F)ccc3o2)cc1. The monoisotopic (exact) mass is 366 g/mol. The van der Waals surface area contributed by atoms with Crippen molar-refractivity contribution < 1.29 is 31.9 Å². The lowest BCUT2D eigenvalue weighted by molar-refractivity contribution is -0.137. The summed E-state index contributed by atoms with van der Waals surface area (Å²) in [6, 6.07) is 9.51. The lowest BCUT2D eigenvalue weighted by atomic mass is 10.2. The van der Waals surface area contributed by atoms with Gasteiger partial charge in [0.05, 0.1) is 12.7 Å². The minimum Gasteiger partial charge on any atom is -0.484 e. The fourth-order valence-corrected chi connectivity index (χ4v) is 2.16. The first-order valence-electron chi connectivity index (χ1n) is 7.39. The van der Waals surface area contributed by atoms with Crippen molar-refractivity contribution in [3.8, 4) is 5.75 Å². The largest absolute Gasteiger partial charge is 0.484 e. The Kier molecular flexibility index (Phi) is 4.70. The fourth-order valence-electron chi connectivity index (χ4n) is 2.16. The molecule has 0 bridgehead atoms. The Balaban J connectivity index is 1.67. The quantitative estimate of drug-likeness (QED) is 0.730. The van der Waals surface area contributed by atoms with Gasteiger partial charge in [-0.3, -0.25) is 5.32 Å². The van der Waals surface area contributed by atoms with Crippen LogP contribution in [0.1, 0.15) is 11.5 Å². The van der Waals surface area contributed by atoms with E-state index >= 15 is 0 Å². The zero-order valence-electron chi connectivity index (χ0n) is 13.5. The van der Waals surface area contributed by atoms with E-state index in [4.69, 9.17) is 9.15 Å². The number of methoxy groups -OCH3 is 1. The van der Waals surface area contributed by atoms with E-state index in [2.05, 4.69) is 15.0 Å². The summed E-state index contributed by atoms with van der Waals surface area (Å²) in [5, 5.41) is 2.49. The first kappa shape index (κ1) is 17.6. The van der Waals surface area contributed by atoms with Crippen LogP contribution in [0.4, 0.5) is 23.7 Å². The number of halogens is 3. The number of ether oxygens (including phenoxy) is 2. The smallest absolute Gasteiger partial charge is 0.416 e. The highest BCUT2D eigenvalue weighted by molar-refractivity contribution is 5.84. The zero-order valence-corrected chi connectivity index (χ0v) is 13.5. The number of amides is 1. The lowest BCUT2D eigenvalue weighted by Crippen LogP contribution is -2.10. The Morgan fingerprint density at radius 1 is 1.19 bits per heavy atom. The van der Waals surface area contributed by atoms with Gasteiger partial charge in [0.15, 0.2) is 12.2 Å². The number of nitrogens with one attached hydrogen (secondary N) is 1. The van der Waals surface area contributed by atoms with Crippen LogP contribution in [0.2, 0.25) is 0 Å². The number of fused-ring (bicyclic) bond motifs is 1. The number of hydrogen-bond donors (Lipinski definition) is 1. The summed E-state index contributed by atoms with van der Waals surface area (Å²) >= 11 is 0. The second kappa shape index (κ2) is 6.95. The summed E-state index contributed by atoms with van der Waals surface area (Å²) in [5.41, 5.74) is 0.0792. The van der Waals surface area contributed by atoms with Crippen LogP contribution in [0, 0.1) is 0 Å². The van der Waals surface area contributed by atoms with Gasteiger partial charge in [-0.05, 0) is 42.5 Å². The van der Waals surface area contributed by atoms with Crippen LogP contribution in [-0.4, -0.2) is 18.2 Å². The van der Waals surface area contributed by atoms with E-state index in [-0.39, 0.29) is 23.6 Å². The van der Waals surface area contributed by atoms with Gasteiger partial charge in [0, 0.05) is 5.69 Å². The van der Waals surface area contributed by atoms with Crippen LogP contribution in [0.3, 0.4) is 0 Å². The van der Waals surface area contributed by atoms with E-state index in [1.165, 1.54) is 13.2 Å². The van der Waals surface area contributed by atoms with Crippen LogP contribution in [0.5, 0.6) is 5.75 Å². The zero-order chi connectivity index (χ0) is 18.7. The van der Waals surface area contributed by atoms with Gasteiger partial charge in [0.1, 0.15) is 11.3 Å². The van der Waals surface area contributed by atoms with Gasteiger partial charge in [-0.25, -0.2) is 9.78 Å². The molecule has 0 radical (unpaired) electrons. The number of nitrogens with zero attached hydrogens (tertiary/aromatic N) is 1. The molecule has 2 aromatic carbocycles. The molecule has 1 heterocycles. The Morgan fingerprint density at radius 3 is 2.58 bits per heavy atom. The molecule has 0 aliphatic carbocycles. The van der Waals surface area contributed by atoms with Gasteiger partial charge in [0.2, 0.25) is 5.89 Å². The summed E-state index contributed by atoms with van der Waals surface area (Å²) in [6.07, 6.45) is -5.03. The number of oxazole rings is 1.